The van der Waals surface area contributed by atoms with Gasteiger partial charge in [-0.05, 0) is 12.8 Å². The summed E-state index contributed by atoms with van der Waals surface area (Å²) in [6.45, 7) is 0.127. The van der Waals surface area contributed by atoms with Crippen LogP contribution in [0.25, 0.3) is 0 Å². The smallest absolute Gasteiger partial charge is 0.724 e. The first-order valence-electron chi connectivity index (χ1n) is 4.84. The van der Waals surface area contributed by atoms with Crippen molar-refractivity contribution < 1.29 is 56.4 Å². The van der Waals surface area contributed by atoms with Gasteiger partial charge >= 0.3 is 35.6 Å². The molecule has 2 rings (SSSR count). The Bertz CT molecular complexity index is 468. The molecule has 11 heteroatoms. The van der Waals surface area contributed by atoms with Crippen LogP contribution in [-0.2, 0) is 19.5 Å². The molecule has 0 saturated carbocycles. The second-order valence-electron chi connectivity index (χ2n) is 3.89. The summed E-state index contributed by atoms with van der Waals surface area (Å²) in [5, 5.41) is 0.505. The van der Waals surface area contributed by atoms with Crippen LogP contribution in [0, 0.1) is 0 Å². The Balaban J connectivity index is 0.00000162. The summed E-state index contributed by atoms with van der Waals surface area (Å²) >= 11 is 0. The number of hydrogen-bond acceptors (Lipinski definition) is 6. The molecule has 0 radical (unpaired) electrons. The number of nitrogens with zero attached hydrogens (tertiary/aromatic N) is 2. The zero-order valence-corrected chi connectivity index (χ0v) is 12.4. The van der Waals surface area contributed by atoms with Gasteiger partial charge in [0.1, 0.15) is 6.04 Å². The molecule has 0 aromatic carbocycles. The van der Waals surface area contributed by atoms with Crippen LogP contribution in [-0.4, -0.2) is 53.5 Å². The van der Waals surface area contributed by atoms with Crippen molar-refractivity contribution in [2.24, 2.45) is 5.73 Å². The molecule has 9 nitrogen and oxygen atoms in total. The molecule has 0 unspecified atom stereocenters. The van der Waals surface area contributed by atoms with E-state index in [0.29, 0.717) is 17.9 Å². The monoisotopic (exact) mass is 287 g/mol. The van der Waals surface area contributed by atoms with Crippen molar-refractivity contribution >= 4 is 22.3 Å². The fourth-order valence-electron chi connectivity index (χ4n) is 2.12. The van der Waals surface area contributed by atoms with Crippen molar-refractivity contribution in [3.8, 4) is 0 Å². The Morgan fingerprint density at radius 2 is 2.06 bits per heavy atom. The Morgan fingerprint density at radius 3 is 2.56 bits per heavy atom. The van der Waals surface area contributed by atoms with Gasteiger partial charge in [-0.3, -0.25) is 4.79 Å². The van der Waals surface area contributed by atoms with E-state index in [-0.39, 0.29) is 36.1 Å². The van der Waals surface area contributed by atoms with E-state index in [9.17, 15) is 22.6 Å². The van der Waals surface area contributed by atoms with Crippen LogP contribution in [0.4, 0.5) is 4.79 Å². The maximum absolute atomic E-state index is 11.7. The molecule has 3 amide bonds. The first kappa shape index (κ1) is 15.7. The number of nitrogens with two attached hydrogens (primary N) is 1. The second-order valence-corrected chi connectivity index (χ2v) is 4.86. The molecule has 2 saturated heterocycles. The van der Waals surface area contributed by atoms with E-state index >= 15 is 0 Å². The van der Waals surface area contributed by atoms with Gasteiger partial charge in [0.05, 0.1) is 6.04 Å². The molecule has 2 fully saturated rings. The zero-order valence-electron chi connectivity index (χ0n) is 9.61. The molecule has 2 bridgehead atoms. The summed E-state index contributed by atoms with van der Waals surface area (Å²) in [7, 11) is -5.00. The third kappa shape index (κ3) is 2.95. The maximum Gasteiger partial charge on any atom is 1.00 e. The number of hydrogen-bond donors (Lipinski definition) is 1. The van der Waals surface area contributed by atoms with Crippen LogP contribution in [0.15, 0.2) is 0 Å². The Morgan fingerprint density at radius 1 is 1.44 bits per heavy atom. The van der Waals surface area contributed by atoms with E-state index in [1.54, 1.807) is 0 Å². The molecule has 2 aliphatic rings. The number of fused-ring (bicyclic) bond motifs is 2. The number of rotatable bonds is 3. The molecule has 2 aliphatic heterocycles. The molecule has 0 spiro atoms. The van der Waals surface area contributed by atoms with Gasteiger partial charge in [-0.1, -0.05) is 0 Å². The molecule has 2 N–H and O–H groups in total. The van der Waals surface area contributed by atoms with Crippen molar-refractivity contribution in [1.82, 2.24) is 9.96 Å². The van der Waals surface area contributed by atoms with Gasteiger partial charge in [0.25, 0.3) is 0 Å². The second kappa shape index (κ2) is 5.31. The summed E-state index contributed by atoms with van der Waals surface area (Å²) in [5.74, 6) is -0.663. The fraction of sp³-hybridized carbons (Fsp3) is 0.714. The summed E-state index contributed by atoms with van der Waals surface area (Å²) in [6.07, 6.45) is 0.676. The molecule has 2 heterocycles. The zero-order chi connectivity index (χ0) is 12.8. The van der Waals surface area contributed by atoms with E-state index in [2.05, 4.69) is 4.28 Å². The largest absolute Gasteiger partial charge is 1.00 e. The van der Waals surface area contributed by atoms with E-state index in [0.717, 1.165) is 4.90 Å². The third-order valence-corrected chi connectivity index (χ3v) is 3.17. The van der Waals surface area contributed by atoms with Gasteiger partial charge in [0, 0.05) is 6.54 Å². The minimum atomic E-state index is -5.00. The number of carbonyl (C=O) groups is 2. The summed E-state index contributed by atoms with van der Waals surface area (Å²) < 4.78 is 35.4. The predicted molar refractivity (Wildman–Crippen MR) is 50.7 cm³/mol. The van der Waals surface area contributed by atoms with Crippen LogP contribution in [0.1, 0.15) is 12.8 Å². The van der Waals surface area contributed by atoms with Crippen molar-refractivity contribution in [3.05, 3.63) is 0 Å². The van der Waals surface area contributed by atoms with Gasteiger partial charge < -0.3 is 15.2 Å². The predicted octanol–water partition coefficient (Wildman–Crippen LogP) is -4.86. The molecule has 0 aromatic rings. The van der Waals surface area contributed by atoms with Crippen LogP contribution in [0.5, 0.6) is 0 Å². The molecule has 96 valence electrons. The van der Waals surface area contributed by atoms with Gasteiger partial charge in [-0.2, -0.15) is 9.35 Å². The standard InChI is InChI=1S/C7H11N3O6S.Na/c8-6(11)5-2-1-4-3-9(5)7(12)10(4)16-17(13,14)15;/h4-5H,1-3H2,(H2,8,11)(H,13,14,15);/q;+1/p-1/t4-,5-;/m0./s1. The average Bonchev–Trinajstić information content (AvgIpc) is 2.42. The SMILES string of the molecule is NC(=O)[C@@H]1CC[C@H]2CN1C(=O)N2OS(=O)(=O)[O-].[Na+]. The molecule has 18 heavy (non-hydrogen) atoms. The summed E-state index contributed by atoms with van der Waals surface area (Å²) in [6, 6.07) is -2.14. The molecule has 0 aromatic heterocycles. The number of amides is 3. The Hall–Kier alpha value is -0.390. The summed E-state index contributed by atoms with van der Waals surface area (Å²) in [5.41, 5.74) is 5.11. The molecule has 2 atom stereocenters. The van der Waals surface area contributed by atoms with Crippen molar-refractivity contribution in [2.75, 3.05) is 6.54 Å². The van der Waals surface area contributed by atoms with E-state index < -0.39 is 34.4 Å². The fourth-order valence-corrected chi connectivity index (χ4v) is 2.51. The van der Waals surface area contributed by atoms with Gasteiger partial charge in [-0.15, -0.1) is 0 Å². The van der Waals surface area contributed by atoms with Gasteiger partial charge in [-0.25, -0.2) is 13.2 Å². The van der Waals surface area contributed by atoms with Crippen LogP contribution >= 0.6 is 0 Å². The van der Waals surface area contributed by atoms with Crippen molar-refractivity contribution in [1.29, 1.82) is 0 Å². The van der Waals surface area contributed by atoms with E-state index in [1.807, 2.05) is 0 Å². The van der Waals surface area contributed by atoms with Gasteiger partial charge in [0.2, 0.25) is 16.3 Å². The first-order valence-corrected chi connectivity index (χ1v) is 6.17. The molecular formula is C7H10N3NaO6S. The average molecular weight is 287 g/mol. The summed E-state index contributed by atoms with van der Waals surface area (Å²) in [4.78, 5) is 23.9. The van der Waals surface area contributed by atoms with E-state index in [4.69, 9.17) is 5.73 Å². The number of urea groups is 1. The quantitative estimate of drug-likeness (QED) is 0.314. The van der Waals surface area contributed by atoms with Crippen LogP contribution < -0.4 is 35.3 Å². The Kier molecular flexibility index (Phi) is 4.62. The maximum atomic E-state index is 11.7. The van der Waals surface area contributed by atoms with Crippen molar-refractivity contribution in [2.45, 2.75) is 24.9 Å². The minimum Gasteiger partial charge on any atom is -0.724 e. The number of hydroxylamine groups is 2. The number of carbonyl (C=O) groups excluding carboxylic acids is 2. The molecular weight excluding hydrogens is 277 g/mol. The first-order chi connectivity index (χ1) is 7.79. The van der Waals surface area contributed by atoms with Crippen LogP contribution in [0.3, 0.4) is 0 Å². The normalized spacial score (nSPS) is 27.1. The molecule has 0 aliphatic carbocycles. The van der Waals surface area contributed by atoms with Crippen LogP contribution in [0.2, 0.25) is 0 Å². The third-order valence-electron chi connectivity index (χ3n) is 2.82. The van der Waals surface area contributed by atoms with Crippen molar-refractivity contribution in [3.63, 3.8) is 0 Å². The number of primary amides is 1. The Labute approximate surface area is 125 Å². The van der Waals surface area contributed by atoms with Gasteiger partial charge in [0.15, 0.2) is 0 Å². The van der Waals surface area contributed by atoms with E-state index in [1.165, 1.54) is 0 Å². The topological polar surface area (TPSA) is 133 Å². The number of piperidine rings is 1. The minimum absolute atomic E-state index is 0.